The fourth-order valence-electron chi connectivity index (χ4n) is 1.47. The molecule has 1 aliphatic rings. The van der Waals surface area contributed by atoms with Crippen LogP contribution in [0.15, 0.2) is 6.20 Å². The lowest BCUT2D eigenvalue weighted by atomic mass is 10.2. The third-order valence-electron chi connectivity index (χ3n) is 2.41. The molecule has 0 saturated carbocycles. The molecule has 1 aromatic rings. The molecule has 1 aromatic heterocycles. The first-order valence-electron chi connectivity index (χ1n) is 5.43. The van der Waals surface area contributed by atoms with Crippen molar-refractivity contribution in [1.29, 1.82) is 5.26 Å². The predicted octanol–water partition coefficient (Wildman–Crippen LogP) is 1.11. The molecular formula is C11H14N4O. The van der Waals surface area contributed by atoms with Gasteiger partial charge >= 0.3 is 0 Å². The lowest BCUT2D eigenvalue weighted by Gasteiger charge is -2.27. The molecule has 2 rings (SSSR count). The van der Waals surface area contributed by atoms with E-state index in [0.29, 0.717) is 24.6 Å². The minimum absolute atomic E-state index is 0.275. The summed E-state index contributed by atoms with van der Waals surface area (Å²) < 4.78 is 5.07. The van der Waals surface area contributed by atoms with Crippen LogP contribution in [-0.4, -0.2) is 29.2 Å². The van der Waals surface area contributed by atoms with Gasteiger partial charge in [-0.05, 0) is 6.42 Å². The summed E-state index contributed by atoms with van der Waals surface area (Å²) in [6, 6.07) is 2.36. The van der Waals surface area contributed by atoms with Gasteiger partial charge in [0.15, 0.2) is 0 Å². The topological polar surface area (TPSA) is 70.8 Å². The van der Waals surface area contributed by atoms with Crippen molar-refractivity contribution in [3.05, 3.63) is 17.6 Å². The Morgan fingerprint density at radius 3 is 3.00 bits per heavy atom. The van der Waals surface area contributed by atoms with Crippen molar-refractivity contribution in [2.75, 3.05) is 18.5 Å². The standard InChI is InChI=1S/C11H14N4O/c1-2-3-10-13-5-8(4-12)11(15-10)14-9-6-16-7-9/h5,9H,2-3,6-7H2,1H3,(H,13,14,15). The highest BCUT2D eigenvalue weighted by atomic mass is 16.5. The van der Waals surface area contributed by atoms with Gasteiger partial charge in [-0.15, -0.1) is 0 Å². The maximum atomic E-state index is 8.94. The van der Waals surface area contributed by atoms with E-state index in [1.54, 1.807) is 6.20 Å². The van der Waals surface area contributed by atoms with Gasteiger partial charge in [0.25, 0.3) is 0 Å². The molecule has 16 heavy (non-hydrogen) atoms. The minimum atomic E-state index is 0.275. The monoisotopic (exact) mass is 218 g/mol. The number of aromatic nitrogens is 2. The molecule has 1 saturated heterocycles. The first kappa shape index (κ1) is 10.8. The van der Waals surface area contributed by atoms with Crippen LogP contribution >= 0.6 is 0 Å². The van der Waals surface area contributed by atoms with Gasteiger partial charge in [0.1, 0.15) is 23.3 Å². The number of ether oxygens (including phenoxy) is 1. The van der Waals surface area contributed by atoms with E-state index in [1.807, 2.05) is 0 Å². The first-order valence-corrected chi connectivity index (χ1v) is 5.43. The number of nitrogens with zero attached hydrogens (tertiary/aromatic N) is 3. The molecule has 0 unspecified atom stereocenters. The van der Waals surface area contributed by atoms with Crippen LogP contribution < -0.4 is 5.32 Å². The number of nitrogens with one attached hydrogen (secondary N) is 1. The van der Waals surface area contributed by atoms with Crippen molar-refractivity contribution in [3.63, 3.8) is 0 Å². The lowest BCUT2D eigenvalue weighted by Crippen LogP contribution is -2.40. The Balaban J connectivity index is 2.17. The second kappa shape index (κ2) is 4.90. The summed E-state index contributed by atoms with van der Waals surface area (Å²) >= 11 is 0. The van der Waals surface area contributed by atoms with E-state index in [0.717, 1.165) is 18.7 Å². The molecule has 0 atom stereocenters. The van der Waals surface area contributed by atoms with Gasteiger partial charge in [0.05, 0.1) is 25.5 Å². The quantitative estimate of drug-likeness (QED) is 0.819. The lowest BCUT2D eigenvalue weighted by molar-refractivity contribution is 0.0209. The van der Waals surface area contributed by atoms with Crippen molar-refractivity contribution in [1.82, 2.24) is 9.97 Å². The summed E-state index contributed by atoms with van der Waals surface area (Å²) in [6.07, 6.45) is 3.42. The molecule has 5 heteroatoms. The van der Waals surface area contributed by atoms with E-state index in [4.69, 9.17) is 10.00 Å². The van der Waals surface area contributed by atoms with E-state index in [2.05, 4.69) is 28.3 Å². The van der Waals surface area contributed by atoms with Crippen molar-refractivity contribution >= 4 is 5.82 Å². The third-order valence-corrected chi connectivity index (χ3v) is 2.41. The second-order valence-corrected chi connectivity index (χ2v) is 3.79. The second-order valence-electron chi connectivity index (χ2n) is 3.79. The Morgan fingerprint density at radius 2 is 2.44 bits per heavy atom. The van der Waals surface area contributed by atoms with Gasteiger partial charge in [0.2, 0.25) is 0 Å². The molecular weight excluding hydrogens is 204 g/mol. The van der Waals surface area contributed by atoms with Gasteiger partial charge in [0, 0.05) is 6.42 Å². The summed E-state index contributed by atoms with van der Waals surface area (Å²) in [5, 5.41) is 12.1. The molecule has 0 aliphatic carbocycles. The number of hydrogen-bond acceptors (Lipinski definition) is 5. The summed E-state index contributed by atoms with van der Waals surface area (Å²) in [5.41, 5.74) is 0.492. The number of anilines is 1. The van der Waals surface area contributed by atoms with Crippen molar-refractivity contribution in [3.8, 4) is 6.07 Å². The molecule has 5 nitrogen and oxygen atoms in total. The van der Waals surface area contributed by atoms with E-state index in [9.17, 15) is 0 Å². The van der Waals surface area contributed by atoms with Gasteiger partial charge in [-0.3, -0.25) is 0 Å². The van der Waals surface area contributed by atoms with Crippen LogP contribution in [0.3, 0.4) is 0 Å². The van der Waals surface area contributed by atoms with Crippen molar-refractivity contribution in [2.24, 2.45) is 0 Å². The molecule has 0 aromatic carbocycles. The molecule has 1 fully saturated rings. The molecule has 1 aliphatic heterocycles. The maximum absolute atomic E-state index is 8.94. The van der Waals surface area contributed by atoms with Gasteiger partial charge in [-0.25, -0.2) is 9.97 Å². The zero-order chi connectivity index (χ0) is 11.4. The van der Waals surface area contributed by atoms with E-state index < -0.39 is 0 Å². The summed E-state index contributed by atoms with van der Waals surface area (Å²) in [5.74, 6) is 1.42. The molecule has 0 radical (unpaired) electrons. The smallest absolute Gasteiger partial charge is 0.148 e. The molecule has 1 N–H and O–H groups in total. The molecule has 2 heterocycles. The average Bonchev–Trinajstić information content (AvgIpc) is 2.24. The molecule has 0 bridgehead atoms. The Bertz CT molecular complexity index is 409. The zero-order valence-corrected chi connectivity index (χ0v) is 9.23. The fourth-order valence-corrected chi connectivity index (χ4v) is 1.47. The normalized spacial score (nSPS) is 15.2. The van der Waals surface area contributed by atoms with Crippen LogP contribution in [0.5, 0.6) is 0 Å². The van der Waals surface area contributed by atoms with E-state index in [1.165, 1.54) is 0 Å². The van der Waals surface area contributed by atoms with Gasteiger partial charge in [-0.1, -0.05) is 6.92 Å². The predicted molar refractivity (Wildman–Crippen MR) is 59.0 cm³/mol. The third kappa shape index (κ3) is 2.28. The van der Waals surface area contributed by atoms with Crippen LogP contribution in [0.25, 0.3) is 0 Å². The van der Waals surface area contributed by atoms with Gasteiger partial charge < -0.3 is 10.1 Å². The van der Waals surface area contributed by atoms with Crippen LogP contribution in [-0.2, 0) is 11.2 Å². The fraction of sp³-hybridized carbons (Fsp3) is 0.545. The zero-order valence-electron chi connectivity index (χ0n) is 9.23. The molecule has 0 spiro atoms. The van der Waals surface area contributed by atoms with Crippen molar-refractivity contribution in [2.45, 2.75) is 25.8 Å². The average molecular weight is 218 g/mol. The number of aryl methyl sites for hydroxylation is 1. The Hall–Kier alpha value is -1.67. The van der Waals surface area contributed by atoms with Crippen LogP contribution in [0.1, 0.15) is 24.7 Å². The van der Waals surface area contributed by atoms with Gasteiger partial charge in [-0.2, -0.15) is 5.26 Å². The Kier molecular flexibility index (Phi) is 3.32. The van der Waals surface area contributed by atoms with E-state index >= 15 is 0 Å². The highest BCUT2D eigenvalue weighted by Gasteiger charge is 2.20. The largest absolute Gasteiger partial charge is 0.377 e. The maximum Gasteiger partial charge on any atom is 0.148 e. The summed E-state index contributed by atoms with van der Waals surface area (Å²) in [7, 11) is 0. The SMILES string of the molecule is CCCc1ncc(C#N)c(NC2COC2)n1. The minimum Gasteiger partial charge on any atom is -0.377 e. The molecule has 0 amide bonds. The summed E-state index contributed by atoms with van der Waals surface area (Å²) in [4.78, 5) is 8.50. The van der Waals surface area contributed by atoms with Crippen molar-refractivity contribution < 1.29 is 4.74 Å². The first-order chi connectivity index (χ1) is 7.83. The summed E-state index contributed by atoms with van der Waals surface area (Å²) in [6.45, 7) is 3.43. The number of rotatable bonds is 4. The Morgan fingerprint density at radius 1 is 1.62 bits per heavy atom. The van der Waals surface area contributed by atoms with Crippen LogP contribution in [0, 0.1) is 11.3 Å². The Labute approximate surface area is 94.5 Å². The highest BCUT2D eigenvalue weighted by molar-refractivity contribution is 5.51. The number of hydrogen-bond donors (Lipinski definition) is 1. The van der Waals surface area contributed by atoms with E-state index in [-0.39, 0.29) is 6.04 Å². The highest BCUT2D eigenvalue weighted by Crippen LogP contribution is 2.15. The van der Waals surface area contributed by atoms with Crippen LogP contribution in [0.4, 0.5) is 5.82 Å². The molecule has 84 valence electrons. The van der Waals surface area contributed by atoms with Crippen LogP contribution in [0.2, 0.25) is 0 Å². The number of nitriles is 1.